The molecular weight excluding hydrogens is 258 g/mol. The number of pyridine rings is 1. The fourth-order valence-corrected chi connectivity index (χ4v) is 2.24. The first-order chi connectivity index (χ1) is 9.70. The van der Waals surface area contributed by atoms with Crippen molar-refractivity contribution in [3.63, 3.8) is 0 Å². The van der Waals surface area contributed by atoms with E-state index in [-0.39, 0.29) is 5.91 Å². The first-order valence-electron chi connectivity index (χ1n) is 6.28. The molecule has 104 valence electrons. The smallest absolute Gasteiger partial charge is 0.276 e. The second kappa shape index (κ2) is 4.84. The van der Waals surface area contributed by atoms with E-state index in [0.29, 0.717) is 18.1 Å². The number of aromatic amines is 1. The van der Waals surface area contributed by atoms with Gasteiger partial charge in [0.2, 0.25) is 5.88 Å². The Morgan fingerprint density at radius 2 is 2.30 bits per heavy atom. The van der Waals surface area contributed by atoms with Gasteiger partial charge in [-0.25, -0.2) is 4.98 Å². The molecule has 1 aliphatic rings. The molecule has 1 N–H and O–H groups in total. The van der Waals surface area contributed by atoms with Crippen molar-refractivity contribution in [2.24, 2.45) is 0 Å². The lowest BCUT2D eigenvalue weighted by Gasteiger charge is -2.34. The van der Waals surface area contributed by atoms with Crippen LogP contribution in [0.4, 0.5) is 11.5 Å². The standard InChI is InChI=1S/C13H15N5O2/c1-17-6-7-18(10-4-3-5-14-12(10)17)13(19)9-8-11(20-2)16-15-9/h3-5,8H,6-7H2,1-2H3,(H,15,16). The van der Waals surface area contributed by atoms with Crippen molar-refractivity contribution in [3.05, 3.63) is 30.1 Å². The number of hydrogen-bond acceptors (Lipinski definition) is 5. The van der Waals surface area contributed by atoms with Crippen LogP contribution in [0.3, 0.4) is 0 Å². The predicted molar refractivity (Wildman–Crippen MR) is 74.3 cm³/mol. The lowest BCUT2D eigenvalue weighted by Crippen LogP contribution is -2.43. The first kappa shape index (κ1) is 12.5. The van der Waals surface area contributed by atoms with Crippen molar-refractivity contribution < 1.29 is 9.53 Å². The average molecular weight is 273 g/mol. The summed E-state index contributed by atoms with van der Waals surface area (Å²) in [5.41, 5.74) is 1.21. The van der Waals surface area contributed by atoms with Gasteiger partial charge in [-0.3, -0.25) is 9.89 Å². The number of methoxy groups -OCH3 is 1. The third-order valence-electron chi connectivity index (χ3n) is 3.32. The molecule has 0 aromatic carbocycles. The van der Waals surface area contributed by atoms with Crippen molar-refractivity contribution in [2.45, 2.75) is 0 Å². The molecule has 2 aromatic heterocycles. The van der Waals surface area contributed by atoms with Crippen LogP contribution < -0.4 is 14.5 Å². The molecule has 0 fully saturated rings. The summed E-state index contributed by atoms with van der Waals surface area (Å²) in [4.78, 5) is 20.6. The highest BCUT2D eigenvalue weighted by atomic mass is 16.5. The van der Waals surface area contributed by atoms with Crippen LogP contribution in [0.5, 0.6) is 5.88 Å². The van der Waals surface area contributed by atoms with E-state index in [4.69, 9.17) is 4.74 Å². The maximum atomic E-state index is 12.6. The molecule has 1 aliphatic heterocycles. The zero-order chi connectivity index (χ0) is 14.1. The van der Waals surface area contributed by atoms with E-state index < -0.39 is 0 Å². The summed E-state index contributed by atoms with van der Waals surface area (Å²) in [5, 5.41) is 6.60. The molecule has 1 amide bonds. The molecule has 7 nitrogen and oxygen atoms in total. The maximum Gasteiger partial charge on any atom is 0.276 e. The minimum Gasteiger partial charge on any atom is -0.480 e. The second-order valence-corrected chi connectivity index (χ2v) is 4.55. The maximum absolute atomic E-state index is 12.6. The number of hydrogen-bond donors (Lipinski definition) is 1. The van der Waals surface area contributed by atoms with Gasteiger partial charge in [0.25, 0.3) is 5.91 Å². The highest BCUT2D eigenvalue weighted by molar-refractivity contribution is 6.07. The number of rotatable bonds is 2. The number of nitrogens with zero attached hydrogens (tertiary/aromatic N) is 4. The van der Waals surface area contributed by atoms with Gasteiger partial charge in [-0.15, -0.1) is 5.10 Å². The highest BCUT2D eigenvalue weighted by Crippen LogP contribution is 2.30. The lowest BCUT2D eigenvalue weighted by atomic mass is 10.2. The van der Waals surface area contributed by atoms with Crippen LogP contribution >= 0.6 is 0 Å². The zero-order valence-corrected chi connectivity index (χ0v) is 11.3. The molecule has 0 saturated carbocycles. The minimum atomic E-state index is -0.136. The summed E-state index contributed by atoms with van der Waals surface area (Å²) in [5.74, 6) is 1.07. The van der Waals surface area contributed by atoms with E-state index in [9.17, 15) is 4.79 Å². The number of carbonyl (C=O) groups is 1. The van der Waals surface area contributed by atoms with E-state index in [0.717, 1.165) is 18.1 Å². The fraction of sp³-hybridized carbons (Fsp3) is 0.308. The molecule has 0 aliphatic carbocycles. The number of nitrogens with one attached hydrogen (secondary N) is 1. The average Bonchev–Trinajstić information content (AvgIpc) is 2.96. The zero-order valence-electron chi connectivity index (χ0n) is 11.3. The van der Waals surface area contributed by atoms with Gasteiger partial charge in [0.05, 0.1) is 12.8 Å². The molecule has 0 spiro atoms. The van der Waals surface area contributed by atoms with Crippen LogP contribution in [0.2, 0.25) is 0 Å². The number of aromatic nitrogens is 3. The number of ether oxygens (including phenoxy) is 1. The van der Waals surface area contributed by atoms with Crippen LogP contribution in [0.25, 0.3) is 0 Å². The Bertz CT molecular complexity index is 639. The normalized spacial score (nSPS) is 14.1. The number of anilines is 2. The first-order valence-corrected chi connectivity index (χ1v) is 6.28. The molecular formula is C13H15N5O2. The summed E-state index contributed by atoms with van der Waals surface area (Å²) in [6.07, 6.45) is 1.72. The van der Waals surface area contributed by atoms with Crippen LogP contribution in [-0.2, 0) is 0 Å². The molecule has 0 saturated heterocycles. The number of H-pyrrole nitrogens is 1. The molecule has 20 heavy (non-hydrogen) atoms. The van der Waals surface area contributed by atoms with Gasteiger partial charge in [0.1, 0.15) is 5.69 Å². The number of likely N-dealkylation sites (N-methyl/N-ethyl adjacent to an activating group) is 1. The van der Waals surface area contributed by atoms with Crippen LogP contribution in [-0.4, -0.2) is 48.3 Å². The van der Waals surface area contributed by atoms with Crippen LogP contribution in [0.1, 0.15) is 10.5 Å². The highest BCUT2D eigenvalue weighted by Gasteiger charge is 2.27. The number of carbonyl (C=O) groups excluding carboxylic acids is 1. The third kappa shape index (κ3) is 1.97. The SMILES string of the molecule is COc1cc(C(=O)N2CCN(C)c3ncccc32)[nH]n1. The largest absolute Gasteiger partial charge is 0.480 e. The molecule has 0 unspecified atom stereocenters. The van der Waals surface area contributed by atoms with Gasteiger partial charge in [-0.05, 0) is 12.1 Å². The summed E-state index contributed by atoms with van der Waals surface area (Å²) >= 11 is 0. The van der Waals surface area contributed by atoms with E-state index in [1.807, 2.05) is 24.1 Å². The molecule has 2 aromatic rings. The summed E-state index contributed by atoms with van der Waals surface area (Å²) in [7, 11) is 3.48. The Hall–Kier alpha value is -2.57. The van der Waals surface area contributed by atoms with Gasteiger partial charge in [-0.1, -0.05) is 0 Å². The topological polar surface area (TPSA) is 74.3 Å². The lowest BCUT2D eigenvalue weighted by molar-refractivity contribution is 0.0982. The van der Waals surface area contributed by atoms with E-state index in [1.54, 1.807) is 17.2 Å². The van der Waals surface area contributed by atoms with Gasteiger partial charge in [0, 0.05) is 32.4 Å². The predicted octanol–water partition coefficient (Wildman–Crippen LogP) is 0.910. The van der Waals surface area contributed by atoms with E-state index in [2.05, 4.69) is 15.2 Å². The second-order valence-electron chi connectivity index (χ2n) is 4.55. The van der Waals surface area contributed by atoms with Crippen molar-refractivity contribution in [1.82, 2.24) is 15.2 Å². The Morgan fingerprint density at radius 3 is 3.05 bits per heavy atom. The molecule has 7 heteroatoms. The Labute approximate surface area is 116 Å². The molecule has 3 rings (SSSR count). The van der Waals surface area contributed by atoms with Crippen LogP contribution in [0, 0.1) is 0 Å². The Balaban J connectivity index is 1.95. The fourth-order valence-electron chi connectivity index (χ4n) is 2.24. The Morgan fingerprint density at radius 1 is 1.45 bits per heavy atom. The number of fused-ring (bicyclic) bond motifs is 1. The molecule has 0 radical (unpaired) electrons. The molecule has 0 atom stereocenters. The summed E-state index contributed by atoms with van der Waals surface area (Å²) in [6.45, 7) is 1.34. The van der Waals surface area contributed by atoms with Crippen molar-refractivity contribution in [2.75, 3.05) is 37.0 Å². The van der Waals surface area contributed by atoms with Crippen molar-refractivity contribution >= 4 is 17.4 Å². The van der Waals surface area contributed by atoms with Gasteiger partial charge < -0.3 is 14.5 Å². The molecule has 0 bridgehead atoms. The Kier molecular flexibility index (Phi) is 3.02. The number of amides is 1. The molecule has 3 heterocycles. The van der Waals surface area contributed by atoms with Crippen molar-refractivity contribution in [3.8, 4) is 5.88 Å². The van der Waals surface area contributed by atoms with Crippen molar-refractivity contribution in [1.29, 1.82) is 0 Å². The minimum absolute atomic E-state index is 0.136. The van der Waals surface area contributed by atoms with Crippen LogP contribution in [0.15, 0.2) is 24.4 Å². The third-order valence-corrected chi connectivity index (χ3v) is 3.32. The summed E-state index contributed by atoms with van der Waals surface area (Å²) in [6, 6.07) is 5.31. The summed E-state index contributed by atoms with van der Waals surface area (Å²) < 4.78 is 4.99. The van der Waals surface area contributed by atoms with Gasteiger partial charge >= 0.3 is 0 Å². The van der Waals surface area contributed by atoms with E-state index >= 15 is 0 Å². The van der Waals surface area contributed by atoms with Gasteiger partial charge in [0.15, 0.2) is 5.82 Å². The van der Waals surface area contributed by atoms with Gasteiger partial charge in [-0.2, -0.15) is 0 Å². The van der Waals surface area contributed by atoms with E-state index in [1.165, 1.54) is 7.11 Å². The quantitative estimate of drug-likeness (QED) is 0.880. The monoisotopic (exact) mass is 273 g/mol.